The van der Waals surface area contributed by atoms with Crippen molar-refractivity contribution in [3.8, 4) is 0 Å². The molecule has 0 spiro atoms. The first-order valence-corrected chi connectivity index (χ1v) is 8.99. The van der Waals surface area contributed by atoms with Crippen molar-refractivity contribution in [2.24, 2.45) is 0 Å². The third kappa shape index (κ3) is 4.14. The minimum absolute atomic E-state index is 0.0448. The molecule has 0 aliphatic carbocycles. The molecule has 130 valence electrons. The summed E-state index contributed by atoms with van der Waals surface area (Å²) in [5, 5.41) is 4.15. The average Bonchev–Trinajstić information content (AvgIpc) is 2.95. The Labute approximate surface area is 156 Å². The predicted octanol–water partition coefficient (Wildman–Crippen LogP) is 4.46. The Morgan fingerprint density at radius 3 is 2.76 bits per heavy atom. The number of amides is 1. The average molecular weight is 376 g/mol. The monoisotopic (exact) mass is 375 g/mol. The van der Waals surface area contributed by atoms with E-state index >= 15 is 0 Å². The number of halogens is 2. The number of para-hydroxylation sites is 2. The van der Waals surface area contributed by atoms with Crippen molar-refractivity contribution < 1.29 is 4.79 Å². The van der Waals surface area contributed by atoms with Crippen LogP contribution in [0.3, 0.4) is 0 Å². The van der Waals surface area contributed by atoms with Crippen LogP contribution in [0.2, 0.25) is 10.0 Å². The van der Waals surface area contributed by atoms with Gasteiger partial charge in [0.2, 0.25) is 5.91 Å². The van der Waals surface area contributed by atoms with Gasteiger partial charge in [0.05, 0.1) is 17.6 Å². The molecular formula is C19H19Cl2N3O. The first-order valence-electron chi connectivity index (χ1n) is 8.23. The molecule has 0 bridgehead atoms. The number of rotatable bonds is 6. The molecule has 0 radical (unpaired) electrons. The van der Waals surface area contributed by atoms with Crippen LogP contribution in [0.1, 0.15) is 24.7 Å². The number of fused-ring (bicyclic) bond motifs is 1. The first kappa shape index (κ1) is 17.8. The van der Waals surface area contributed by atoms with E-state index in [9.17, 15) is 4.79 Å². The second kappa shape index (κ2) is 7.89. The van der Waals surface area contributed by atoms with Crippen molar-refractivity contribution >= 4 is 40.1 Å². The van der Waals surface area contributed by atoms with Crippen LogP contribution in [0.25, 0.3) is 11.0 Å². The number of carbonyl (C=O) groups is 1. The van der Waals surface area contributed by atoms with Crippen LogP contribution in [0.4, 0.5) is 0 Å². The van der Waals surface area contributed by atoms with Crippen molar-refractivity contribution in [1.82, 2.24) is 14.9 Å². The molecule has 1 aromatic heterocycles. The third-order valence-electron chi connectivity index (χ3n) is 4.07. The molecule has 0 saturated heterocycles. The van der Waals surface area contributed by atoms with E-state index in [0.717, 1.165) is 22.4 Å². The summed E-state index contributed by atoms with van der Waals surface area (Å²) in [5.74, 6) is 0.965. The zero-order chi connectivity index (χ0) is 17.8. The van der Waals surface area contributed by atoms with Gasteiger partial charge in [-0.3, -0.25) is 4.79 Å². The summed E-state index contributed by atoms with van der Waals surface area (Å²) < 4.78 is 2.14. The van der Waals surface area contributed by atoms with Gasteiger partial charge in [0.1, 0.15) is 5.82 Å². The highest BCUT2D eigenvalue weighted by molar-refractivity contribution is 6.35. The number of hydrogen-bond donors (Lipinski definition) is 1. The Balaban J connectivity index is 1.91. The number of nitrogens with one attached hydrogen (secondary N) is 1. The molecule has 0 saturated carbocycles. The SMILES string of the molecule is CCC(=O)NCCc1nc2ccccc2n1Cc1ccc(Cl)cc1Cl. The lowest BCUT2D eigenvalue weighted by Gasteiger charge is -2.11. The number of hydrogen-bond acceptors (Lipinski definition) is 2. The minimum Gasteiger partial charge on any atom is -0.356 e. The fourth-order valence-corrected chi connectivity index (χ4v) is 3.22. The van der Waals surface area contributed by atoms with Gasteiger partial charge in [0.15, 0.2) is 0 Å². The quantitative estimate of drug-likeness (QED) is 0.691. The number of carbonyl (C=O) groups excluding carboxylic acids is 1. The van der Waals surface area contributed by atoms with Crippen LogP contribution in [0, 0.1) is 0 Å². The van der Waals surface area contributed by atoms with Crippen LogP contribution >= 0.6 is 23.2 Å². The molecule has 6 heteroatoms. The maximum absolute atomic E-state index is 11.5. The maximum Gasteiger partial charge on any atom is 0.219 e. The van der Waals surface area contributed by atoms with E-state index in [1.165, 1.54) is 0 Å². The zero-order valence-electron chi connectivity index (χ0n) is 13.9. The smallest absolute Gasteiger partial charge is 0.219 e. The summed E-state index contributed by atoms with van der Waals surface area (Å²) in [6, 6.07) is 13.5. The van der Waals surface area contributed by atoms with E-state index in [0.29, 0.717) is 36.0 Å². The molecule has 0 unspecified atom stereocenters. The van der Waals surface area contributed by atoms with Crippen LogP contribution in [-0.4, -0.2) is 22.0 Å². The lowest BCUT2D eigenvalue weighted by molar-refractivity contribution is -0.120. The summed E-state index contributed by atoms with van der Waals surface area (Å²) in [6.07, 6.45) is 1.14. The molecule has 0 atom stereocenters. The topological polar surface area (TPSA) is 46.9 Å². The molecule has 4 nitrogen and oxygen atoms in total. The Morgan fingerprint density at radius 1 is 1.20 bits per heavy atom. The standard InChI is InChI=1S/C19H19Cl2N3O/c1-2-19(25)22-10-9-18-23-16-5-3-4-6-17(16)24(18)12-13-7-8-14(20)11-15(13)21/h3-8,11H,2,9-10,12H2,1H3,(H,22,25). The van der Waals surface area contributed by atoms with Crippen LogP contribution in [0.5, 0.6) is 0 Å². The number of imidazole rings is 1. The number of aromatic nitrogens is 2. The first-order chi connectivity index (χ1) is 12.1. The molecule has 0 aliphatic rings. The van der Waals surface area contributed by atoms with Crippen molar-refractivity contribution in [3.05, 3.63) is 63.9 Å². The fraction of sp³-hybridized carbons (Fsp3) is 0.263. The Bertz CT molecular complexity index is 905. The lowest BCUT2D eigenvalue weighted by Crippen LogP contribution is -2.25. The second-order valence-electron chi connectivity index (χ2n) is 5.79. The van der Waals surface area contributed by atoms with Gasteiger partial charge in [-0.05, 0) is 29.8 Å². The van der Waals surface area contributed by atoms with Crippen molar-refractivity contribution in [3.63, 3.8) is 0 Å². The van der Waals surface area contributed by atoms with E-state index < -0.39 is 0 Å². The number of nitrogens with zero attached hydrogens (tertiary/aromatic N) is 2. The van der Waals surface area contributed by atoms with Gasteiger partial charge in [-0.15, -0.1) is 0 Å². The summed E-state index contributed by atoms with van der Waals surface area (Å²) in [5.41, 5.74) is 2.96. The van der Waals surface area contributed by atoms with E-state index in [4.69, 9.17) is 28.2 Å². The maximum atomic E-state index is 11.5. The summed E-state index contributed by atoms with van der Waals surface area (Å²) in [4.78, 5) is 16.2. The van der Waals surface area contributed by atoms with Gasteiger partial charge in [-0.2, -0.15) is 0 Å². The molecule has 1 heterocycles. The molecule has 3 aromatic rings. The lowest BCUT2D eigenvalue weighted by atomic mass is 10.2. The van der Waals surface area contributed by atoms with Gasteiger partial charge in [-0.1, -0.05) is 48.3 Å². The highest BCUT2D eigenvalue weighted by Crippen LogP contribution is 2.24. The normalized spacial score (nSPS) is 11.0. The van der Waals surface area contributed by atoms with Gasteiger partial charge in [-0.25, -0.2) is 4.98 Å². The summed E-state index contributed by atoms with van der Waals surface area (Å²) in [7, 11) is 0. The van der Waals surface area contributed by atoms with Crippen LogP contribution < -0.4 is 5.32 Å². The van der Waals surface area contributed by atoms with E-state index in [2.05, 4.69) is 9.88 Å². The van der Waals surface area contributed by atoms with E-state index in [-0.39, 0.29) is 5.91 Å². The Morgan fingerprint density at radius 2 is 2.00 bits per heavy atom. The van der Waals surface area contributed by atoms with Crippen molar-refractivity contribution in [2.45, 2.75) is 26.3 Å². The molecule has 1 amide bonds. The molecule has 25 heavy (non-hydrogen) atoms. The highest BCUT2D eigenvalue weighted by Gasteiger charge is 2.12. The Hall–Kier alpha value is -2.04. The highest BCUT2D eigenvalue weighted by atomic mass is 35.5. The molecule has 1 N–H and O–H groups in total. The van der Waals surface area contributed by atoms with Crippen molar-refractivity contribution in [2.75, 3.05) is 6.54 Å². The van der Waals surface area contributed by atoms with Crippen molar-refractivity contribution in [1.29, 1.82) is 0 Å². The van der Waals surface area contributed by atoms with E-state index in [1.807, 2.05) is 43.3 Å². The molecule has 2 aromatic carbocycles. The molecule has 0 fully saturated rings. The summed E-state index contributed by atoms with van der Waals surface area (Å²) in [6.45, 7) is 3.00. The van der Waals surface area contributed by atoms with E-state index in [1.54, 1.807) is 6.07 Å². The number of benzene rings is 2. The summed E-state index contributed by atoms with van der Waals surface area (Å²) >= 11 is 12.3. The fourth-order valence-electron chi connectivity index (χ4n) is 2.75. The molecule has 3 rings (SSSR count). The third-order valence-corrected chi connectivity index (χ3v) is 4.66. The van der Waals surface area contributed by atoms with Crippen LogP contribution in [-0.2, 0) is 17.8 Å². The van der Waals surface area contributed by atoms with Gasteiger partial charge in [0, 0.05) is 29.4 Å². The Kier molecular flexibility index (Phi) is 5.61. The molecular weight excluding hydrogens is 357 g/mol. The largest absolute Gasteiger partial charge is 0.356 e. The second-order valence-corrected chi connectivity index (χ2v) is 6.64. The zero-order valence-corrected chi connectivity index (χ0v) is 15.4. The predicted molar refractivity (Wildman–Crippen MR) is 102 cm³/mol. The van der Waals surface area contributed by atoms with Gasteiger partial charge in [0.25, 0.3) is 0 Å². The van der Waals surface area contributed by atoms with Gasteiger partial charge < -0.3 is 9.88 Å². The molecule has 0 aliphatic heterocycles. The van der Waals surface area contributed by atoms with Crippen LogP contribution in [0.15, 0.2) is 42.5 Å². The van der Waals surface area contributed by atoms with Gasteiger partial charge >= 0.3 is 0 Å². The minimum atomic E-state index is 0.0448.